The van der Waals surface area contributed by atoms with Crippen LogP contribution in [-0.4, -0.2) is 17.6 Å². The highest BCUT2D eigenvalue weighted by atomic mass is 15.4. The molecule has 0 radical (unpaired) electrons. The summed E-state index contributed by atoms with van der Waals surface area (Å²) in [6, 6.07) is 0. The Kier molecular flexibility index (Phi) is 3.46. The van der Waals surface area contributed by atoms with E-state index in [9.17, 15) is 0 Å². The Hall–Kier alpha value is -0.660. The van der Waals surface area contributed by atoms with E-state index in [1.54, 1.807) is 0 Å². The minimum atomic E-state index is 0.156. The third kappa shape index (κ3) is 2.05. The highest BCUT2D eigenvalue weighted by molar-refractivity contribution is 5.18. The van der Waals surface area contributed by atoms with E-state index < -0.39 is 0 Å². The van der Waals surface area contributed by atoms with Gasteiger partial charge >= 0.3 is 0 Å². The Labute approximate surface area is 88.4 Å². The lowest BCUT2D eigenvalue weighted by atomic mass is 10.0. The van der Waals surface area contributed by atoms with E-state index >= 15 is 0 Å². The predicted molar refractivity (Wildman–Crippen MR) is 61.8 cm³/mol. The molecule has 1 N–H and O–H groups in total. The zero-order valence-electron chi connectivity index (χ0n) is 10.3. The number of nitrogens with one attached hydrogen (secondary N) is 1. The Bertz CT molecular complexity index is 232. The van der Waals surface area contributed by atoms with Gasteiger partial charge in [0.2, 0.25) is 0 Å². The number of nitrogens with zero attached hydrogens (tertiary/aromatic N) is 1. The van der Waals surface area contributed by atoms with Crippen LogP contribution in [0, 0.1) is 0 Å². The van der Waals surface area contributed by atoms with Crippen LogP contribution in [0.4, 0.5) is 0 Å². The van der Waals surface area contributed by atoms with Crippen molar-refractivity contribution in [1.29, 1.82) is 0 Å². The monoisotopic (exact) mass is 196 g/mol. The largest absolute Gasteiger partial charge is 0.365 e. The minimum Gasteiger partial charge on any atom is -0.365 e. The first-order valence-corrected chi connectivity index (χ1v) is 5.71. The fourth-order valence-electron chi connectivity index (χ4n) is 2.15. The van der Waals surface area contributed by atoms with Crippen LogP contribution >= 0.6 is 0 Å². The number of unbranched alkanes of at least 4 members (excludes halogenated alkanes) is 2. The first kappa shape index (κ1) is 11.4. The summed E-state index contributed by atoms with van der Waals surface area (Å²) in [5, 5.41) is 3.59. The van der Waals surface area contributed by atoms with Crippen LogP contribution in [0.1, 0.15) is 53.4 Å². The van der Waals surface area contributed by atoms with Gasteiger partial charge < -0.3 is 10.2 Å². The molecular weight excluding hydrogens is 172 g/mol. The standard InChI is InChI=1S/C12H24N2/c1-6-7-8-9-12(4)13-10(2)11(3)14(12)5/h13H,6-9H2,1-5H3. The molecule has 0 aromatic heterocycles. The van der Waals surface area contributed by atoms with Crippen LogP contribution < -0.4 is 5.32 Å². The van der Waals surface area contributed by atoms with E-state index in [-0.39, 0.29) is 5.66 Å². The molecule has 0 saturated heterocycles. The Morgan fingerprint density at radius 1 is 1.29 bits per heavy atom. The van der Waals surface area contributed by atoms with Crippen molar-refractivity contribution in [3.8, 4) is 0 Å². The Morgan fingerprint density at radius 2 is 1.93 bits per heavy atom. The number of rotatable bonds is 4. The molecule has 1 aliphatic heterocycles. The van der Waals surface area contributed by atoms with E-state index in [1.807, 2.05) is 0 Å². The fourth-order valence-corrected chi connectivity index (χ4v) is 2.15. The SMILES string of the molecule is CCCCCC1(C)NC(C)=C(C)N1C. The molecule has 0 aromatic rings. The van der Waals surface area contributed by atoms with Gasteiger partial charge in [-0.25, -0.2) is 0 Å². The average Bonchev–Trinajstić information content (AvgIpc) is 2.32. The molecule has 82 valence electrons. The highest BCUT2D eigenvalue weighted by Gasteiger charge is 2.34. The van der Waals surface area contributed by atoms with Crippen LogP contribution in [0.5, 0.6) is 0 Å². The molecular formula is C12H24N2. The molecule has 0 aromatic carbocycles. The van der Waals surface area contributed by atoms with Crippen molar-refractivity contribution in [3.05, 3.63) is 11.4 Å². The lowest BCUT2D eigenvalue weighted by Gasteiger charge is -2.35. The van der Waals surface area contributed by atoms with Crippen molar-refractivity contribution >= 4 is 0 Å². The van der Waals surface area contributed by atoms with Gasteiger partial charge in [-0.1, -0.05) is 19.8 Å². The molecule has 1 rings (SSSR count). The molecule has 1 atom stereocenters. The summed E-state index contributed by atoms with van der Waals surface area (Å²) in [7, 11) is 2.19. The molecule has 14 heavy (non-hydrogen) atoms. The number of allylic oxidation sites excluding steroid dienone is 2. The van der Waals surface area contributed by atoms with Crippen LogP contribution in [0.15, 0.2) is 11.4 Å². The molecule has 0 amide bonds. The molecule has 1 heterocycles. The Balaban J connectivity index is 2.53. The molecule has 0 fully saturated rings. The molecule has 0 bridgehead atoms. The van der Waals surface area contributed by atoms with Gasteiger partial charge in [0.15, 0.2) is 0 Å². The summed E-state index contributed by atoms with van der Waals surface area (Å²) in [4.78, 5) is 2.37. The van der Waals surface area contributed by atoms with Crippen molar-refractivity contribution in [2.45, 2.75) is 59.0 Å². The summed E-state index contributed by atoms with van der Waals surface area (Å²) in [5.41, 5.74) is 2.86. The normalized spacial score (nSPS) is 27.1. The van der Waals surface area contributed by atoms with Gasteiger partial charge in [-0.2, -0.15) is 0 Å². The van der Waals surface area contributed by atoms with Crippen molar-refractivity contribution in [1.82, 2.24) is 10.2 Å². The third-order valence-corrected chi connectivity index (χ3v) is 3.51. The molecule has 0 spiro atoms. The van der Waals surface area contributed by atoms with E-state index in [4.69, 9.17) is 0 Å². The topological polar surface area (TPSA) is 15.3 Å². The second kappa shape index (κ2) is 4.24. The summed E-state index contributed by atoms with van der Waals surface area (Å²) < 4.78 is 0. The van der Waals surface area contributed by atoms with Gasteiger partial charge in [-0.3, -0.25) is 0 Å². The lowest BCUT2D eigenvalue weighted by molar-refractivity contribution is 0.164. The van der Waals surface area contributed by atoms with Crippen LogP contribution in [0.25, 0.3) is 0 Å². The lowest BCUT2D eigenvalue weighted by Crippen LogP contribution is -2.47. The van der Waals surface area contributed by atoms with Crippen molar-refractivity contribution in [2.75, 3.05) is 7.05 Å². The maximum absolute atomic E-state index is 3.59. The van der Waals surface area contributed by atoms with Gasteiger partial charge in [-0.15, -0.1) is 0 Å². The molecule has 1 unspecified atom stereocenters. The Morgan fingerprint density at radius 3 is 2.36 bits per heavy atom. The first-order valence-electron chi connectivity index (χ1n) is 5.71. The third-order valence-electron chi connectivity index (χ3n) is 3.51. The second-order valence-corrected chi connectivity index (χ2v) is 4.63. The first-order chi connectivity index (χ1) is 6.51. The van der Waals surface area contributed by atoms with E-state index in [1.165, 1.54) is 37.1 Å². The van der Waals surface area contributed by atoms with E-state index in [2.05, 4.69) is 45.0 Å². The zero-order chi connectivity index (χ0) is 10.8. The van der Waals surface area contributed by atoms with Crippen molar-refractivity contribution < 1.29 is 0 Å². The average molecular weight is 196 g/mol. The van der Waals surface area contributed by atoms with Crippen molar-refractivity contribution in [3.63, 3.8) is 0 Å². The molecule has 2 heteroatoms. The van der Waals surface area contributed by atoms with E-state index in [0.717, 1.165) is 0 Å². The van der Waals surface area contributed by atoms with Gasteiger partial charge in [0.25, 0.3) is 0 Å². The quantitative estimate of drug-likeness (QED) is 0.695. The molecule has 0 aliphatic carbocycles. The van der Waals surface area contributed by atoms with E-state index in [0.29, 0.717) is 0 Å². The van der Waals surface area contributed by atoms with Crippen LogP contribution in [0.2, 0.25) is 0 Å². The number of hydrogen-bond acceptors (Lipinski definition) is 2. The summed E-state index contributed by atoms with van der Waals surface area (Å²) in [5.74, 6) is 0. The fraction of sp³-hybridized carbons (Fsp3) is 0.833. The van der Waals surface area contributed by atoms with Gasteiger partial charge in [0.05, 0.1) is 0 Å². The smallest absolute Gasteiger partial charge is 0.107 e. The van der Waals surface area contributed by atoms with Gasteiger partial charge in [-0.05, 0) is 33.6 Å². The maximum atomic E-state index is 3.59. The van der Waals surface area contributed by atoms with Crippen molar-refractivity contribution in [2.24, 2.45) is 0 Å². The van der Waals surface area contributed by atoms with Gasteiger partial charge in [0, 0.05) is 18.4 Å². The molecule has 0 saturated carbocycles. The molecule has 1 aliphatic rings. The molecule has 2 nitrogen and oxygen atoms in total. The highest BCUT2D eigenvalue weighted by Crippen LogP contribution is 2.29. The van der Waals surface area contributed by atoms with Crippen LogP contribution in [0.3, 0.4) is 0 Å². The van der Waals surface area contributed by atoms with Gasteiger partial charge in [0.1, 0.15) is 5.66 Å². The summed E-state index contributed by atoms with van der Waals surface area (Å²) in [6.07, 6.45) is 5.17. The summed E-state index contributed by atoms with van der Waals surface area (Å²) >= 11 is 0. The second-order valence-electron chi connectivity index (χ2n) is 4.63. The van der Waals surface area contributed by atoms with Crippen LogP contribution in [-0.2, 0) is 0 Å². The number of hydrogen-bond donors (Lipinski definition) is 1. The maximum Gasteiger partial charge on any atom is 0.107 e. The predicted octanol–water partition coefficient (Wildman–Crippen LogP) is 3.07. The summed E-state index contributed by atoms with van der Waals surface area (Å²) in [6.45, 7) is 8.90. The zero-order valence-corrected chi connectivity index (χ0v) is 10.3. The minimum absolute atomic E-state index is 0.156.